The SMILES string of the molecule is CCC1CCC(NC2CCCC2(C)CO)C1. The van der Waals surface area contributed by atoms with Crippen LogP contribution in [-0.4, -0.2) is 23.8 Å². The van der Waals surface area contributed by atoms with Crippen LogP contribution in [0.3, 0.4) is 0 Å². The maximum Gasteiger partial charge on any atom is 0.0499 e. The maximum absolute atomic E-state index is 9.53. The van der Waals surface area contributed by atoms with Crippen LogP contribution in [0.5, 0.6) is 0 Å². The molecule has 0 amide bonds. The van der Waals surface area contributed by atoms with E-state index >= 15 is 0 Å². The van der Waals surface area contributed by atoms with E-state index in [0.29, 0.717) is 12.6 Å². The summed E-state index contributed by atoms with van der Waals surface area (Å²) in [6, 6.07) is 1.28. The first-order chi connectivity index (χ1) is 7.68. The second-order valence-corrected chi connectivity index (χ2v) is 6.21. The van der Waals surface area contributed by atoms with Gasteiger partial charge in [-0.3, -0.25) is 0 Å². The summed E-state index contributed by atoms with van der Waals surface area (Å²) in [4.78, 5) is 0. The van der Waals surface area contributed by atoms with Gasteiger partial charge in [-0.1, -0.05) is 26.7 Å². The Morgan fingerprint density at radius 1 is 1.31 bits per heavy atom. The Morgan fingerprint density at radius 2 is 2.12 bits per heavy atom. The number of aliphatic hydroxyl groups excluding tert-OH is 1. The molecule has 0 aromatic heterocycles. The van der Waals surface area contributed by atoms with Crippen LogP contribution in [0.15, 0.2) is 0 Å². The summed E-state index contributed by atoms with van der Waals surface area (Å²) in [5.74, 6) is 0.944. The average Bonchev–Trinajstić information content (AvgIpc) is 2.88. The fourth-order valence-electron chi connectivity index (χ4n) is 3.59. The van der Waals surface area contributed by atoms with Gasteiger partial charge in [-0.25, -0.2) is 0 Å². The summed E-state index contributed by atoms with van der Waals surface area (Å²) in [6.45, 7) is 4.89. The molecule has 0 bridgehead atoms. The minimum atomic E-state index is 0.143. The molecule has 4 atom stereocenters. The summed E-state index contributed by atoms with van der Waals surface area (Å²) >= 11 is 0. The van der Waals surface area contributed by atoms with Crippen LogP contribution in [0.1, 0.15) is 58.8 Å². The average molecular weight is 225 g/mol. The number of rotatable bonds is 4. The fourth-order valence-corrected chi connectivity index (χ4v) is 3.59. The third-order valence-corrected chi connectivity index (χ3v) is 5.00. The highest BCUT2D eigenvalue weighted by molar-refractivity contribution is 4.95. The van der Waals surface area contributed by atoms with Crippen LogP contribution in [0.25, 0.3) is 0 Å². The third-order valence-electron chi connectivity index (χ3n) is 5.00. The topological polar surface area (TPSA) is 32.3 Å². The Hall–Kier alpha value is -0.0800. The van der Waals surface area contributed by atoms with Crippen molar-refractivity contribution >= 4 is 0 Å². The zero-order valence-corrected chi connectivity index (χ0v) is 10.8. The van der Waals surface area contributed by atoms with Gasteiger partial charge in [0, 0.05) is 24.1 Å². The second-order valence-electron chi connectivity index (χ2n) is 6.21. The lowest BCUT2D eigenvalue weighted by atomic mass is 9.85. The molecule has 2 heteroatoms. The molecule has 0 heterocycles. The van der Waals surface area contributed by atoms with Gasteiger partial charge in [0.25, 0.3) is 0 Å². The van der Waals surface area contributed by atoms with E-state index in [4.69, 9.17) is 0 Å². The number of hydrogen-bond donors (Lipinski definition) is 2. The van der Waals surface area contributed by atoms with Gasteiger partial charge in [-0.15, -0.1) is 0 Å². The zero-order chi connectivity index (χ0) is 11.6. The van der Waals surface area contributed by atoms with Crippen molar-refractivity contribution in [1.29, 1.82) is 0 Å². The van der Waals surface area contributed by atoms with E-state index < -0.39 is 0 Å². The van der Waals surface area contributed by atoms with Crippen molar-refractivity contribution in [2.45, 2.75) is 70.9 Å². The first-order valence-electron chi connectivity index (χ1n) is 7.05. The molecule has 2 aliphatic carbocycles. The lowest BCUT2D eigenvalue weighted by Gasteiger charge is -2.32. The number of hydrogen-bond acceptors (Lipinski definition) is 2. The van der Waals surface area contributed by atoms with Gasteiger partial charge in [0.2, 0.25) is 0 Å². The van der Waals surface area contributed by atoms with Gasteiger partial charge >= 0.3 is 0 Å². The van der Waals surface area contributed by atoms with E-state index in [2.05, 4.69) is 19.2 Å². The van der Waals surface area contributed by atoms with Crippen molar-refractivity contribution < 1.29 is 5.11 Å². The minimum absolute atomic E-state index is 0.143. The van der Waals surface area contributed by atoms with Crippen molar-refractivity contribution in [3.8, 4) is 0 Å². The highest BCUT2D eigenvalue weighted by atomic mass is 16.3. The molecule has 16 heavy (non-hydrogen) atoms. The molecular formula is C14H27NO. The molecule has 2 saturated carbocycles. The Labute approximate surface area is 99.8 Å². The molecule has 0 aliphatic heterocycles. The van der Waals surface area contributed by atoms with Crippen LogP contribution in [0.2, 0.25) is 0 Å². The number of aliphatic hydroxyl groups is 1. The first-order valence-corrected chi connectivity index (χ1v) is 7.05. The van der Waals surface area contributed by atoms with Gasteiger partial charge in [-0.05, 0) is 38.0 Å². The van der Waals surface area contributed by atoms with Gasteiger partial charge in [0.05, 0.1) is 0 Å². The molecule has 94 valence electrons. The summed E-state index contributed by atoms with van der Waals surface area (Å²) < 4.78 is 0. The molecule has 0 spiro atoms. The van der Waals surface area contributed by atoms with Crippen LogP contribution in [-0.2, 0) is 0 Å². The van der Waals surface area contributed by atoms with E-state index in [9.17, 15) is 5.11 Å². The van der Waals surface area contributed by atoms with Crippen LogP contribution >= 0.6 is 0 Å². The molecule has 2 fully saturated rings. The quantitative estimate of drug-likeness (QED) is 0.771. The third kappa shape index (κ3) is 2.43. The largest absolute Gasteiger partial charge is 0.396 e. The summed E-state index contributed by atoms with van der Waals surface area (Å²) in [5, 5.41) is 13.4. The highest BCUT2D eigenvalue weighted by Gasteiger charge is 2.39. The Kier molecular flexibility index (Phi) is 3.91. The van der Waals surface area contributed by atoms with Gasteiger partial charge in [0.1, 0.15) is 0 Å². The van der Waals surface area contributed by atoms with Crippen LogP contribution in [0, 0.1) is 11.3 Å². The Morgan fingerprint density at radius 3 is 2.75 bits per heavy atom. The van der Waals surface area contributed by atoms with Gasteiger partial charge in [0.15, 0.2) is 0 Å². The first kappa shape index (κ1) is 12.4. The van der Waals surface area contributed by atoms with Crippen molar-refractivity contribution in [3.63, 3.8) is 0 Å². The Bertz CT molecular complexity index is 231. The van der Waals surface area contributed by atoms with E-state index in [0.717, 1.165) is 12.0 Å². The molecule has 2 nitrogen and oxygen atoms in total. The zero-order valence-electron chi connectivity index (χ0n) is 10.8. The normalized spacial score (nSPS) is 44.1. The molecule has 0 saturated heterocycles. The summed E-state index contributed by atoms with van der Waals surface area (Å²) in [5.41, 5.74) is 0.143. The molecule has 2 aliphatic rings. The van der Waals surface area contributed by atoms with Crippen molar-refractivity contribution in [2.75, 3.05) is 6.61 Å². The predicted molar refractivity (Wildman–Crippen MR) is 67.4 cm³/mol. The van der Waals surface area contributed by atoms with E-state index in [1.54, 1.807) is 0 Å². The second kappa shape index (κ2) is 5.05. The molecule has 0 aromatic carbocycles. The molecule has 2 rings (SSSR count). The molecular weight excluding hydrogens is 198 g/mol. The molecule has 2 N–H and O–H groups in total. The predicted octanol–water partition coefficient (Wildman–Crippen LogP) is 2.71. The lowest BCUT2D eigenvalue weighted by molar-refractivity contribution is 0.113. The van der Waals surface area contributed by atoms with Crippen molar-refractivity contribution in [2.24, 2.45) is 11.3 Å². The molecule has 4 unspecified atom stereocenters. The van der Waals surface area contributed by atoms with Gasteiger partial charge in [-0.2, -0.15) is 0 Å². The van der Waals surface area contributed by atoms with Crippen molar-refractivity contribution in [1.82, 2.24) is 5.32 Å². The summed E-state index contributed by atoms with van der Waals surface area (Å²) in [6.07, 6.45) is 9.15. The standard InChI is InChI=1S/C14H27NO/c1-3-11-6-7-12(9-11)15-13-5-4-8-14(13,2)10-16/h11-13,15-16H,3-10H2,1-2H3. The van der Waals surface area contributed by atoms with Crippen LogP contribution < -0.4 is 5.32 Å². The maximum atomic E-state index is 9.53. The van der Waals surface area contributed by atoms with E-state index in [1.807, 2.05) is 0 Å². The summed E-state index contributed by atoms with van der Waals surface area (Å²) in [7, 11) is 0. The van der Waals surface area contributed by atoms with Crippen molar-refractivity contribution in [3.05, 3.63) is 0 Å². The minimum Gasteiger partial charge on any atom is -0.396 e. The van der Waals surface area contributed by atoms with Gasteiger partial charge < -0.3 is 10.4 Å². The smallest absolute Gasteiger partial charge is 0.0499 e. The monoisotopic (exact) mass is 225 g/mol. The number of nitrogens with one attached hydrogen (secondary N) is 1. The fraction of sp³-hybridized carbons (Fsp3) is 1.00. The molecule has 0 aromatic rings. The van der Waals surface area contributed by atoms with Crippen LogP contribution in [0.4, 0.5) is 0 Å². The van der Waals surface area contributed by atoms with E-state index in [1.165, 1.54) is 44.9 Å². The van der Waals surface area contributed by atoms with E-state index in [-0.39, 0.29) is 5.41 Å². The Balaban J connectivity index is 1.85. The lowest BCUT2D eigenvalue weighted by Crippen LogP contribution is -2.46. The highest BCUT2D eigenvalue weighted by Crippen LogP contribution is 2.39. The molecule has 0 radical (unpaired) electrons.